The Morgan fingerprint density at radius 1 is 1.21 bits per heavy atom. The van der Waals surface area contributed by atoms with Crippen molar-refractivity contribution in [3.63, 3.8) is 0 Å². The van der Waals surface area contributed by atoms with Crippen molar-refractivity contribution in [1.29, 1.82) is 0 Å². The van der Waals surface area contributed by atoms with Gasteiger partial charge in [0.25, 0.3) is 0 Å². The van der Waals surface area contributed by atoms with Crippen molar-refractivity contribution >= 4 is 5.97 Å². The van der Waals surface area contributed by atoms with Gasteiger partial charge in [0.05, 0.1) is 0 Å². The van der Waals surface area contributed by atoms with E-state index in [1.54, 1.807) is 4.90 Å². The number of carboxylic acids is 1. The predicted molar refractivity (Wildman–Crippen MR) is 65.8 cm³/mol. The van der Waals surface area contributed by atoms with Gasteiger partial charge in [-0.3, -0.25) is 9.69 Å². The standard InChI is InChI=1S/C13H16F2N2O2/c14-10-6-9(7-11(15)8-10)12(13(18)19)17-4-1-2-16-3-5-17/h6-8,12,16H,1-5H2,(H,18,19). The fourth-order valence-corrected chi connectivity index (χ4v) is 2.37. The van der Waals surface area contributed by atoms with E-state index < -0.39 is 23.6 Å². The minimum absolute atomic E-state index is 0.145. The number of halogens is 2. The summed E-state index contributed by atoms with van der Waals surface area (Å²) in [6.45, 7) is 2.61. The van der Waals surface area contributed by atoms with Gasteiger partial charge in [0.1, 0.15) is 17.7 Å². The fraction of sp³-hybridized carbons (Fsp3) is 0.462. The van der Waals surface area contributed by atoms with E-state index in [1.807, 2.05) is 0 Å². The van der Waals surface area contributed by atoms with Gasteiger partial charge in [-0.05, 0) is 30.7 Å². The van der Waals surface area contributed by atoms with Crippen LogP contribution in [-0.2, 0) is 4.79 Å². The van der Waals surface area contributed by atoms with Gasteiger partial charge in [-0.25, -0.2) is 8.78 Å². The molecule has 0 saturated carbocycles. The largest absolute Gasteiger partial charge is 0.480 e. The number of nitrogens with zero attached hydrogens (tertiary/aromatic N) is 1. The van der Waals surface area contributed by atoms with Gasteiger partial charge < -0.3 is 10.4 Å². The van der Waals surface area contributed by atoms with Crippen LogP contribution in [0.2, 0.25) is 0 Å². The summed E-state index contributed by atoms with van der Waals surface area (Å²) in [5.41, 5.74) is 0.145. The third-order valence-electron chi connectivity index (χ3n) is 3.17. The Kier molecular flexibility index (Phi) is 4.44. The zero-order valence-corrected chi connectivity index (χ0v) is 10.4. The lowest BCUT2D eigenvalue weighted by Crippen LogP contribution is -2.36. The Balaban J connectivity index is 2.30. The lowest BCUT2D eigenvalue weighted by atomic mass is 10.0. The van der Waals surface area contributed by atoms with E-state index in [9.17, 15) is 18.7 Å². The highest BCUT2D eigenvalue weighted by molar-refractivity contribution is 5.75. The van der Waals surface area contributed by atoms with E-state index in [2.05, 4.69) is 5.32 Å². The van der Waals surface area contributed by atoms with Gasteiger partial charge in [-0.2, -0.15) is 0 Å². The maximum Gasteiger partial charge on any atom is 0.325 e. The molecule has 1 saturated heterocycles. The summed E-state index contributed by atoms with van der Waals surface area (Å²) < 4.78 is 26.5. The first-order valence-corrected chi connectivity index (χ1v) is 6.21. The number of carboxylic acid groups (broad SMARTS) is 1. The van der Waals surface area contributed by atoms with E-state index in [-0.39, 0.29) is 5.56 Å². The second-order valence-electron chi connectivity index (χ2n) is 4.58. The van der Waals surface area contributed by atoms with Gasteiger partial charge in [0, 0.05) is 25.7 Å². The summed E-state index contributed by atoms with van der Waals surface area (Å²) in [7, 11) is 0. The Hall–Kier alpha value is -1.53. The molecule has 4 nitrogen and oxygen atoms in total. The summed E-state index contributed by atoms with van der Waals surface area (Å²) in [6, 6.07) is 1.90. The van der Waals surface area contributed by atoms with Crippen LogP contribution in [0.5, 0.6) is 0 Å². The Bertz CT molecular complexity index is 440. The third kappa shape index (κ3) is 3.48. The average molecular weight is 270 g/mol. The zero-order valence-electron chi connectivity index (χ0n) is 10.4. The molecule has 1 aromatic carbocycles. The van der Waals surface area contributed by atoms with E-state index in [0.29, 0.717) is 19.6 Å². The number of aliphatic carboxylic acids is 1. The van der Waals surface area contributed by atoms with Crippen molar-refractivity contribution in [1.82, 2.24) is 10.2 Å². The van der Waals surface area contributed by atoms with Crippen LogP contribution in [-0.4, -0.2) is 42.2 Å². The molecule has 1 aliphatic rings. The molecule has 0 aliphatic carbocycles. The number of benzene rings is 1. The second-order valence-corrected chi connectivity index (χ2v) is 4.58. The first-order chi connectivity index (χ1) is 9.08. The molecule has 1 unspecified atom stereocenters. The smallest absolute Gasteiger partial charge is 0.325 e. The van der Waals surface area contributed by atoms with Crippen molar-refractivity contribution in [2.24, 2.45) is 0 Å². The SMILES string of the molecule is O=C(O)C(c1cc(F)cc(F)c1)N1CCCNCC1. The molecule has 1 fully saturated rings. The lowest BCUT2D eigenvalue weighted by Gasteiger charge is -2.27. The number of rotatable bonds is 3. The van der Waals surface area contributed by atoms with Gasteiger partial charge >= 0.3 is 5.97 Å². The number of hydrogen-bond donors (Lipinski definition) is 2. The first kappa shape index (κ1) is 13.9. The van der Waals surface area contributed by atoms with Gasteiger partial charge in [-0.15, -0.1) is 0 Å². The summed E-state index contributed by atoms with van der Waals surface area (Å²) in [5.74, 6) is -2.60. The van der Waals surface area contributed by atoms with Crippen LogP contribution in [0, 0.1) is 11.6 Å². The molecule has 1 aliphatic heterocycles. The molecular weight excluding hydrogens is 254 g/mol. The molecule has 0 aromatic heterocycles. The molecule has 1 atom stereocenters. The Labute approximate surface area is 110 Å². The summed E-state index contributed by atoms with van der Waals surface area (Å²) in [4.78, 5) is 13.2. The fourth-order valence-electron chi connectivity index (χ4n) is 2.37. The van der Waals surface area contributed by atoms with Crippen LogP contribution in [0.25, 0.3) is 0 Å². The van der Waals surface area contributed by atoms with Gasteiger partial charge in [0.2, 0.25) is 0 Å². The molecule has 2 N–H and O–H groups in total. The first-order valence-electron chi connectivity index (χ1n) is 6.21. The lowest BCUT2D eigenvalue weighted by molar-refractivity contribution is -0.143. The molecule has 0 amide bonds. The highest BCUT2D eigenvalue weighted by Crippen LogP contribution is 2.23. The molecule has 0 spiro atoms. The molecule has 2 rings (SSSR count). The zero-order chi connectivity index (χ0) is 13.8. The highest BCUT2D eigenvalue weighted by Gasteiger charge is 2.28. The van der Waals surface area contributed by atoms with E-state index in [4.69, 9.17) is 0 Å². The Morgan fingerprint density at radius 2 is 1.89 bits per heavy atom. The van der Waals surface area contributed by atoms with Crippen LogP contribution < -0.4 is 5.32 Å². The van der Waals surface area contributed by atoms with Crippen molar-refractivity contribution in [2.75, 3.05) is 26.2 Å². The highest BCUT2D eigenvalue weighted by atomic mass is 19.1. The van der Waals surface area contributed by atoms with Crippen LogP contribution in [0.1, 0.15) is 18.0 Å². The van der Waals surface area contributed by atoms with E-state index >= 15 is 0 Å². The number of nitrogens with one attached hydrogen (secondary N) is 1. The topological polar surface area (TPSA) is 52.6 Å². The number of hydrogen-bond acceptors (Lipinski definition) is 3. The normalized spacial score (nSPS) is 18.8. The molecule has 6 heteroatoms. The summed E-state index contributed by atoms with van der Waals surface area (Å²) >= 11 is 0. The molecule has 0 bridgehead atoms. The molecule has 19 heavy (non-hydrogen) atoms. The van der Waals surface area contributed by atoms with E-state index in [0.717, 1.165) is 31.2 Å². The minimum Gasteiger partial charge on any atom is -0.480 e. The van der Waals surface area contributed by atoms with Crippen molar-refractivity contribution in [3.8, 4) is 0 Å². The third-order valence-corrected chi connectivity index (χ3v) is 3.17. The van der Waals surface area contributed by atoms with Crippen LogP contribution in [0.4, 0.5) is 8.78 Å². The molecule has 1 heterocycles. The quantitative estimate of drug-likeness (QED) is 0.871. The molecule has 104 valence electrons. The maximum atomic E-state index is 13.2. The molecular formula is C13H16F2N2O2. The average Bonchev–Trinajstić information content (AvgIpc) is 2.56. The summed E-state index contributed by atoms with van der Waals surface area (Å²) in [6.07, 6.45) is 0.807. The van der Waals surface area contributed by atoms with E-state index in [1.165, 1.54) is 0 Å². The van der Waals surface area contributed by atoms with Crippen molar-refractivity contribution < 1.29 is 18.7 Å². The Morgan fingerprint density at radius 3 is 2.53 bits per heavy atom. The summed E-state index contributed by atoms with van der Waals surface area (Å²) in [5, 5.41) is 12.5. The maximum absolute atomic E-state index is 13.2. The van der Waals surface area contributed by atoms with Crippen LogP contribution in [0.15, 0.2) is 18.2 Å². The predicted octanol–water partition coefficient (Wildman–Crippen LogP) is 1.39. The monoisotopic (exact) mass is 270 g/mol. The minimum atomic E-state index is -1.09. The van der Waals surface area contributed by atoms with Gasteiger partial charge in [0.15, 0.2) is 0 Å². The van der Waals surface area contributed by atoms with Crippen LogP contribution >= 0.6 is 0 Å². The molecule has 0 radical (unpaired) electrons. The molecule has 1 aromatic rings. The van der Waals surface area contributed by atoms with Crippen LogP contribution in [0.3, 0.4) is 0 Å². The number of carbonyl (C=O) groups is 1. The van der Waals surface area contributed by atoms with Gasteiger partial charge in [-0.1, -0.05) is 0 Å². The van der Waals surface area contributed by atoms with Crippen molar-refractivity contribution in [2.45, 2.75) is 12.5 Å². The second kappa shape index (κ2) is 6.08. The van der Waals surface area contributed by atoms with Crippen molar-refractivity contribution in [3.05, 3.63) is 35.4 Å².